The molecule has 0 radical (unpaired) electrons. The van der Waals surface area contributed by atoms with E-state index in [4.69, 9.17) is 0 Å². The highest BCUT2D eigenvalue weighted by Gasteiger charge is 2.42. The Hall–Kier alpha value is -2.57. The van der Waals surface area contributed by atoms with Crippen LogP contribution in [0.2, 0.25) is 0 Å². The molecule has 7 nitrogen and oxygen atoms in total. The minimum Gasteiger partial charge on any atom is -0.357 e. The van der Waals surface area contributed by atoms with Gasteiger partial charge in [0.15, 0.2) is 5.96 Å². The standard InChI is InChI=1S/C21H33N5O2/c1-4-22-20(24-15-18(27)23-14-17-10-6-5-7-11-17)25-16-21(12-8-9-13-21)19(28)26(2)3/h5-7,10-11H,4,8-9,12-16H2,1-3H3,(H,23,27)(H2,22,24,25). The monoisotopic (exact) mass is 387 g/mol. The average molecular weight is 388 g/mol. The predicted octanol–water partition coefficient (Wildman–Crippen LogP) is 1.51. The third kappa shape index (κ3) is 6.25. The first-order valence-corrected chi connectivity index (χ1v) is 10.0. The molecule has 7 heteroatoms. The van der Waals surface area contributed by atoms with Gasteiger partial charge in [-0.3, -0.25) is 9.59 Å². The van der Waals surface area contributed by atoms with Crippen molar-refractivity contribution in [2.75, 3.05) is 33.7 Å². The maximum absolute atomic E-state index is 12.7. The van der Waals surface area contributed by atoms with Gasteiger partial charge in [0.2, 0.25) is 11.8 Å². The third-order valence-electron chi connectivity index (χ3n) is 5.07. The van der Waals surface area contributed by atoms with Crippen molar-refractivity contribution in [1.29, 1.82) is 0 Å². The second-order valence-electron chi connectivity index (χ2n) is 7.50. The lowest BCUT2D eigenvalue weighted by molar-refractivity contribution is -0.138. The fraction of sp³-hybridized carbons (Fsp3) is 0.571. The Labute approximate surface area is 168 Å². The normalized spacial score (nSPS) is 15.8. The third-order valence-corrected chi connectivity index (χ3v) is 5.07. The molecule has 1 saturated carbocycles. The summed E-state index contributed by atoms with van der Waals surface area (Å²) in [5, 5.41) is 9.31. The second-order valence-corrected chi connectivity index (χ2v) is 7.50. The molecule has 154 valence electrons. The maximum atomic E-state index is 12.7. The van der Waals surface area contributed by atoms with Crippen molar-refractivity contribution in [3.8, 4) is 0 Å². The molecule has 28 heavy (non-hydrogen) atoms. The number of nitrogens with one attached hydrogen (secondary N) is 3. The van der Waals surface area contributed by atoms with Crippen molar-refractivity contribution in [3.05, 3.63) is 35.9 Å². The van der Waals surface area contributed by atoms with Crippen molar-refractivity contribution in [3.63, 3.8) is 0 Å². The van der Waals surface area contributed by atoms with E-state index in [1.807, 2.05) is 37.3 Å². The van der Waals surface area contributed by atoms with Crippen LogP contribution in [0.15, 0.2) is 35.3 Å². The second kappa shape index (κ2) is 10.7. The number of guanidine groups is 1. The first-order chi connectivity index (χ1) is 13.5. The lowest BCUT2D eigenvalue weighted by Gasteiger charge is -2.31. The number of rotatable bonds is 8. The molecule has 0 aliphatic heterocycles. The van der Waals surface area contributed by atoms with Gasteiger partial charge in [0, 0.05) is 33.7 Å². The Balaban J connectivity index is 1.90. The van der Waals surface area contributed by atoms with Crippen molar-refractivity contribution >= 4 is 17.8 Å². The molecule has 2 rings (SSSR count). The fourth-order valence-electron chi connectivity index (χ4n) is 3.59. The molecule has 1 aromatic carbocycles. The van der Waals surface area contributed by atoms with E-state index >= 15 is 0 Å². The van der Waals surface area contributed by atoms with Gasteiger partial charge in [-0.15, -0.1) is 0 Å². The summed E-state index contributed by atoms with van der Waals surface area (Å²) < 4.78 is 0. The largest absolute Gasteiger partial charge is 0.357 e. The molecule has 1 aromatic rings. The van der Waals surface area contributed by atoms with E-state index in [0.717, 1.165) is 31.2 Å². The minimum atomic E-state index is -0.380. The summed E-state index contributed by atoms with van der Waals surface area (Å²) in [5.74, 6) is 0.588. The summed E-state index contributed by atoms with van der Waals surface area (Å²) in [6.07, 6.45) is 3.90. The molecule has 1 fully saturated rings. The van der Waals surface area contributed by atoms with Crippen LogP contribution in [-0.2, 0) is 16.1 Å². The first-order valence-electron chi connectivity index (χ1n) is 10.0. The van der Waals surface area contributed by atoms with Crippen LogP contribution in [-0.4, -0.2) is 56.4 Å². The molecule has 0 unspecified atom stereocenters. The van der Waals surface area contributed by atoms with Gasteiger partial charge >= 0.3 is 0 Å². The smallest absolute Gasteiger partial charge is 0.242 e. The molecule has 0 spiro atoms. The van der Waals surface area contributed by atoms with Crippen LogP contribution >= 0.6 is 0 Å². The zero-order valence-corrected chi connectivity index (χ0v) is 17.3. The highest BCUT2D eigenvalue weighted by Crippen LogP contribution is 2.38. The van der Waals surface area contributed by atoms with Gasteiger partial charge in [-0.05, 0) is 25.3 Å². The van der Waals surface area contributed by atoms with Crippen LogP contribution in [0.1, 0.15) is 38.2 Å². The molecular formula is C21H33N5O2. The van der Waals surface area contributed by atoms with E-state index < -0.39 is 0 Å². The summed E-state index contributed by atoms with van der Waals surface area (Å²) in [5.41, 5.74) is 0.671. The van der Waals surface area contributed by atoms with E-state index in [-0.39, 0.29) is 23.8 Å². The zero-order chi connectivity index (χ0) is 20.4. The highest BCUT2D eigenvalue weighted by molar-refractivity contribution is 5.86. The van der Waals surface area contributed by atoms with Crippen LogP contribution in [0.4, 0.5) is 0 Å². The molecule has 0 saturated heterocycles. The summed E-state index contributed by atoms with van der Waals surface area (Å²) in [7, 11) is 3.61. The molecule has 2 amide bonds. The van der Waals surface area contributed by atoms with Gasteiger partial charge in [-0.1, -0.05) is 43.2 Å². The molecular weight excluding hydrogens is 354 g/mol. The van der Waals surface area contributed by atoms with Gasteiger partial charge in [0.25, 0.3) is 0 Å². The lowest BCUT2D eigenvalue weighted by atomic mass is 9.84. The van der Waals surface area contributed by atoms with E-state index in [1.165, 1.54) is 0 Å². The van der Waals surface area contributed by atoms with E-state index in [2.05, 4.69) is 20.9 Å². The SMILES string of the molecule is CCNC(=NCC(=O)NCc1ccccc1)NCC1(C(=O)N(C)C)CCCC1. The van der Waals surface area contributed by atoms with Gasteiger partial charge in [-0.25, -0.2) is 4.99 Å². The van der Waals surface area contributed by atoms with Crippen molar-refractivity contribution in [2.45, 2.75) is 39.2 Å². The number of amides is 2. The number of hydrogen-bond donors (Lipinski definition) is 3. The number of aliphatic imine (C=N–C) groups is 1. The number of hydrogen-bond acceptors (Lipinski definition) is 3. The minimum absolute atomic E-state index is 0.0385. The summed E-state index contributed by atoms with van der Waals surface area (Å²) in [6.45, 7) is 3.72. The Morgan fingerprint density at radius 1 is 1.07 bits per heavy atom. The molecule has 0 heterocycles. The maximum Gasteiger partial charge on any atom is 0.242 e. The first kappa shape index (κ1) is 21.7. The fourth-order valence-corrected chi connectivity index (χ4v) is 3.59. The van der Waals surface area contributed by atoms with Crippen molar-refractivity contribution < 1.29 is 9.59 Å². The van der Waals surface area contributed by atoms with Crippen LogP contribution in [0.25, 0.3) is 0 Å². The van der Waals surface area contributed by atoms with Crippen molar-refractivity contribution in [1.82, 2.24) is 20.9 Å². The molecule has 0 bridgehead atoms. The molecule has 0 atom stereocenters. The molecule has 3 N–H and O–H groups in total. The number of nitrogens with zero attached hydrogens (tertiary/aromatic N) is 2. The lowest BCUT2D eigenvalue weighted by Crippen LogP contribution is -2.49. The number of carbonyl (C=O) groups is 2. The Kier molecular flexibility index (Phi) is 8.29. The molecule has 1 aliphatic carbocycles. The van der Waals surface area contributed by atoms with Gasteiger partial charge in [0.1, 0.15) is 6.54 Å². The topological polar surface area (TPSA) is 85.8 Å². The predicted molar refractivity (Wildman–Crippen MR) is 112 cm³/mol. The number of carbonyl (C=O) groups excluding carboxylic acids is 2. The summed E-state index contributed by atoms with van der Waals surface area (Å²) in [6, 6.07) is 9.78. The summed E-state index contributed by atoms with van der Waals surface area (Å²) >= 11 is 0. The van der Waals surface area contributed by atoms with Crippen LogP contribution in [0.3, 0.4) is 0 Å². The summed E-state index contributed by atoms with van der Waals surface area (Å²) in [4.78, 5) is 30.9. The number of benzene rings is 1. The van der Waals surface area contributed by atoms with Crippen molar-refractivity contribution in [2.24, 2.45) is 10.4 Å². The Bertz CT molecular complexity index is 667. The van der Waals surface area contributed by atoms with Gasteiger partial charge < -0.3 is 20.9 Å². The van der Waals surface area contributed by atoms with Gasteiger partial charge in [-0.2, -0.15) is 0 Å². The molecule has 0 aromatic heterocycles. The van der Waals surface area contributed by atoms with E-state index in [0.29, 0.717) is 25.6 Å². The van der Waals surface area contributed by atoms with Crippen LogP contribution in [0.5, 0.6) is 0 Å². The Morgan fingerprint density at radius 3 is 2.36 bits per heavy atom. The van der Waals surface area contributed by atoms with Crippen LogP contribution in [0, 0.1) is 5.41 Å². The quantitative estimate of drug-likeness (QED) is 0.466. The van der Waals surface area contributed by atoms with Gasteiger partial charge in [0.05, 0.1) is 5.41 Å². The average Bonchev–Trinajstić information content (AvgIpc) is 3.18. The zero-order valence-electron chi connectivity index (χ0n) is 17.3. The highest BCUT2D eigenvalue weighted by atomic mass is 16.2. The molecule has 1 aliphatic rings. The van der Waals surface area contributed by atoms with E-state index in [1.54, 1.807) is 19.0 Å². The Morgan fingerprint density at radius 2 is 1.75 bits per heavy atom. The van der Waals surface area contributed by atoms with Crippen LogP contribution < -0.4 is 16.0 Å². The van der Waals surface area contributed by atoms with E-state index in [9.17, 15) is 9.59 Å².